The molecule has 135 heavy (non-hydrogen) atoms. The SMILES string of the molecule is CC(C)C1OC(C)(c2ccc([S+](c3ccc(OC(C)C(F)(F)S(=O)(=O)[O-])cc3)c3ccc(C(C)(C)C)cc3)cc2)OCC1(F)F.CC(Oc1ccc([S+](c2ccc(C(C)(C)C)cc2)c2ccc(C3(C)OCC(F)(F)C(C(C)(C)C)O3)cc2)cc1)C(F)(F)S(=O)(=O)[O-].CCC1OC(C)(c2ccc([S+](c3ccc(OC(C)C(F)(F)S(=O)(=O)[O-])cc3)c3ccc(C(C)(C)C)cc3)cc2)OCC1(F)F. The van der Waals surface area contributed by atoms with Crippen molar-refractivity contribution >= 4 is 63.0 Å². The van der Waals surface area contributed by atoms with Gasteiger partial charge in [-0.3, -0.25) is 0 Å². The monoisotopic (exact) mass is 2010 g/mol. The highest BCUT2D eigenvalue weighted by molar-refractivity contribution is 7.97. The second-order valence-corrected chi connectivity index (χ2v) is 48.6. The van der Waals surface area contributed by atoms with Gasteiger partial charge in [-0.05, 0) is 274 Å². The van der Waals surface area contributed by atoms with Crippen molar-refractivity contribution in [2.45, 2.75) is 300 Å². The number of ether oxygens (including phenoxy) is 9. The molecule has 9 aromatic rings. The van der Waals surface area contributed by atoms with Crippen LogP contribution in [-0.4, -0.2) is 129 Å². The van der Waals surface area contributed by atoms with Gasteiger partial charge >= 0.3 is 15.8 Å². The van der Waals surface area contributed by atoms with Crippen molar-refractivity contribution in [1.29, 1.82) is 0 Å². The van der Waals surface area contributed by atoms with Crippen molar-refractivity contribution < 1.29 is 134 Å². The smallest absolute Gasteiger partial charge is 0.369 e. The zero-order valence-electron chi connectivity index (χ0n) is 78.5. The van der Waals surface area contributed by atoms with Crippen LogP contribution in [0.15, 0.2) is 262 Å². The van der Waals surface area contributed by atoms with Crippen LogP contribution in [0, 0.1) is 11.3 Å². The largest absolute Gasteiger partial charge is 0.743 e. The van der Waals surface area contributed by atoms with E-state index in [1.54, 1.807) is 135 Å². The second kappa shape index (κ2) is 40.4. The van der Waals surface area contributed by atoms with Crippen molar-refractivity contribution in [3.63, 3.8) is 0 Å². The summed E-state index contributed by atoms with van der Waals surface area (Å²) in [5.41, 5.74) is 4.05. The quantitative estimate of drug-likeness (QED) is 0.0277. The molecule has 3 aliphatic heterocycles. The third kappa shape index (κ3) is 25.3. The maximum absolute atomic E-state index is 14.7. The number of rotatable bonds is 26. The molecule has 12 unspecified atom stereocenters. The van der Waals surface area contributed by atoms with Crippen LogP contribution in [0.1, 0.15) is 185 Å². The average molecular weight is 2010 g/mol. The molecule has 0 spiro atoms. The van der Waals surface area contributed by atoms with Crippen molar-refractivity contribution in [1.82, 2.24) is 0 Å². The van der Waals surface area contributed by atoms with Crippen LogP contribution >= 0.6 is 0 Å². The molecular weight excluding hydrogens is 1900 g/mol. The minimum atomic E-state index is -5.92. The summed E-state index contributed by atoms with van der Waals surface area (Å²) in [5.74, 6) is -14.0. The summed E-state index contributed by atoms with van der Waals surface area (Å²) in [5, 5.41) is -13.8. The molecule has 3 saturated heterocycles. The summed E-state index contributed by atoms with van der Waals surface area (Å²) in [6.45, 7) is 34.1. The van der Waals surface area contributed by atoms with E-state index in [0.717, 1.165) is 81.5 Å². The molecule has 738 valence electrons. The Balaban J connectivity index is 0.000000210. The molecule has 36 heteroatoms. The van der Waals surface area contributed by atoms with Crippen molar-refractivity contribution in [3.05, 3.63) is 252 Å². The van der Waals surface area contributed by atoms with Gasteiger partial charge in [0.2, 0.25) is 0 Å². The highest BCUT2D eigenvalue weighted by atomic mass is 32.2. The third-order valence-corrected chi connectivity index (χ3v) is 32.7. The van der Waals surface area contributed by atoms with E-state index in [1.165, 1.54) is 36.4 Å². The molecule has 12 rings (SSSR count). The minimum absolute atomic E-state index is 0.0339. The van der Waals surface area contributed by atoms with E-state index in [1.807, 2.05) is 109 Å². The van der Waals surface area contributed by atoms with Gasteiger partial charge in [-0.15, -0.1) is 0 Å². The van der Waals surface area contributed by atoms with Crippen LogP contribution in [-0.2, 0) is 125 Å². The Labute approximate surface area is 791 Å². The third-order valence-electron chi connectivity index (χ3n) is 23.0. The lowest BCUT2D eigenvalue weighted by atomic mass is 9.84. The van der Waals surface area contributed by atoms with Crippen LogP contribution in [0.3, 0.4) is 0 Å². The van der Waals surface area contributed by atoms with Gasteiger partial charge in [0.1, 0.15) is 55.4 Å². The van der Waals surface area contributed by atoms with E-state index >= 15 is 0 Å². The zero-order chi connectivity index (χ0) is 101. The number of halogens is 12. The molecule has 3 fully saturated rings. The van der Waals surface area contributed by atoms with E-state index < -0.39 is 182 Å². The van der Waals surface area contributed by atoms with E-state index in [9.17, 15) is 91.6 Å². The highest BCUT2D eigenvalue weighted by Gasteiger charge is 2.58. The lowest BCUT2D eigenvalue weighted by molar-refractivity contribution is -0.377. The molecule has 0 aliphatic carbocycles. The first-order chi connectivity index (χ1) is 61.9. The van der Waals surface area contributed by atoms with E-state index in [0.29, 0.717) is 16.7 Å². The Kier molecular flexibility index (Phi) is 32.6. The molecular formula is C99H114F12O18S6. The first kappa shape index (κ1) is 109. The normalized spacial score (nSPS) is 22.2. The molecule has 3 heterocycles. The number of benzene rings is 9. The molecule has 0 aromatic heterocycles. The van der Waals surface area contributed by atoms with Gasteiger partial charge in [-0.25, -0.2) is 51.6 Å². The first-order valence-corrected chi connectivity index (χ1v) is 51.0. The Morgan fingerprint density at radius 1 is 0.341 bits per heavy atom. The fourth-order valence-corrected chi connectivity index (χ4v) is 22.4. The summed E-state index contributed by atoms with van der Waals surface area (Å²) < 4.78 is 320. The maximum Gasteiger partial charge on any atom is 0.369 e. The zero-order valence-corrected chi connectivity index (χ0v) is 83.4. The standard InChI is InChI=1S/C34H40F4O6S2.C33H38F4O6S2.C32H36F4O6S2/c1-22(34(37,38)46(39,40)41)43-25-13-19-28(20-14-25)45(26-15-9-23(10-16-26)30(2,3)4)27-17-11-24(12-18-27)32(8)42-21-33(35,36)29(44-32)31(5,6)7;1-21(2)29-32(34,35)20-41-31(7,43-29)24-10-16-27(17-11-24)44(26-14-8-23(9-15-26)30(4,5)6)28-18-12-25(13-19-28)42-22(3)33(36,37)45(38,39)40;1-7-28-31(33,34)20-40-30(6,42-28)23-10-16-26(17-11-23)43(25-14-8-22(9-15-25)29(3,4)5)27-18-12-24(13-19-27)41-21(2)32(35,36)44(37,38)39/h9-20,22,29H,21H2,1-8H3;8-19,21-22,29H,20H2,1-7H3;8-19,21,28H,7,20H2,1-6H3. The van der Waals surface area contributed by atoms with Gasteiger partial charge in [0.25, 0.3) is 17.8 Å². The Bertz CT molecular complexity index is 5870. The van der Waals surface area contributed by atoms with Crippen molar-refractivity contribution in [2.75, 3.05) is 19.8 Å². The van der Waals surface area contributed by atoms with E-state index in [4.69, 9.17) is 42.6 Å². The molecule has 9 aromatic carbocycles. The lowest BCUT2D eigenvalue weighted by Crippen LogP contribution is -2.57. The second-order valence-electron chi connectivity index (χ2n) is 38.2. The van der Waals surface area contributed by atoms with E-state index in [-0.39, 0.29) is 39.9 Å². The number of hydrogen-bond acceptors (Lipinski definition) is 18. The van der Waals surface area contributed by atoms with Gasteiger partial charge in [-0.1, -0.05) is 140 Å². The van der Waals surface area contributed by atoms with Gasteiger partial charge in [-0.2, -0.15) is 26.3 Å². The van der Waals surface area contributed by atoms with E-state index in [2.05, 4.69) is 62.3 Å². The Hall–Kier alpha value is -7.92. The van der Waals surface area contributed by atoms with Crippen molar-refractivity contribution in [2.24, 2.45) is 11.3 Å². The molecule has 0 N–H and O–H groups in total. The average Bonchev–Trinajstić information content (AvgIpc) is 0.739. The van der Waals surface area contributed by atoms with Crippen LogP contribution in [0.2, 0.25) is 0 Å². The van der Waals surface area contributed by atoms with Gasteiger partial charge < -0.3 is 56.3 Å². The van der Waals surface area contributed by atoms with Crippen molar-refractivity contribution in [3.8, 4) is 17.2 Å². The van der Waals surface area contributed by atoms with Crippen LogP contribution in [0.5, 0.6) is 17.2 Å². The van der Waals surface area contributed by atoms with Crippen LogP contribution in [0.4, 0.5) is 52.7 Å². The van der Waals surface area contributed by atoms with Gasteiger partial charge in [0.15, 0.2) is 110 Å². The fourth-order valence-electron chi connectivity index (χ4n) is 14.9. The molecule has 3 aliphatic rings. The predicted octanol–water partition coefficient (Wildman–Crippen LogP) is 23.7. The molecule has 0 saturated carbocycles. The fraction of sp³-hybridized carbons (Fsp3) is 0.455. The molecule has 18 nitrogen and oxygen atoms in total. The number of hydrogen-bond donors (Lipinski definition) is 0. The molecule has 0 radical (unpaired) electrons. The van der Waals surface area contributed by atoms with Crippen LogP contribution in [0.25, 0.3) is 0 Å². The molecule has 0 amide bonds. The highest BCUT2D eigenvalue weighted by Crippen LogP contribution is 2.50. The summed E-state index contributed by atoms with van der Waals surface area (Å²) in [7, 11) is -19.9. The first-order valence-electron chi connectivity index (χ1n) is 43.1. The molecule has 12 atom stereocenters. The minimum Gasteiger partial charge on any atom is -0.743 e. The summed E-state index contributed by atoms with van der Waals surface area (Å²) in [6, 6.07) is 65.1. The predicted molar refractivity (Wildman–Crippen MR) is 489 cm³/mol. The number of alkyl halides is 12. The van der Waals surface area contributed by atoms with Gasteiger partial charge in [0, 0.05) is 16.7 Å². The van der Waals surface area contributed by atoms with Crippen LogP contribution < -0.4 is 14.2 Å². The Morgan fingerprint density at radius 2 is 0.556 bits per heavy atom. The molecule has 0 bridgehead atoms. The summed E-state index contributed by atoms with van der Waals surface area (Å²) >= 11 is 0. The maximum atomic E-state index is 14.7. The summed E-state index contributed by atoms with van der Waals surface area (Å²) in [6.07, 6.45) is -10.5. The van der Waals surface area contributed by atoms with Gasteiger partial charge in [0.05, 0.1) is 32.7 Å². The lowest BCUT2D eigenvalue weighted by Gasteiger charge is -2.47. The summed E-state index contributed by atoms with van der Waals surface area (Å²) in [4.78, 5) is 7.88. The topological polar surface area (TPSA) is 255 Å². The Morgan fingerprint density at radius 3 is 0.778 bits per heavy atom.